The van der Waals surface area contributed by atoms with Gasteiger partial charge in [0.1, 0.15) is 11.6 Å². The summed E-state index contributed by atoms with van der Waals surface area (Å²) >= 11 is 5.89. The predicted octanol–water partition coefficient (Wildman–Crippen LogP) is 3.54. The molecule has 128 valence electrons. The first-order chi connectivity index (χ1) is 12.1. The van der Waals surface area contributed by atoms with E-state index in [2.05, 4.69) is 10.2 Å². The monoisotopic (exact) mass is 358 g/mol. The van der Waals surface area contributed by atoms with Crippen LogP contribution in [0.15, 0.2) is 42.6 Å². The molecule has 0 atom stereocenters. The SMILES string of the molecule is O=C(c1cc(Cl)ccc1F)N1CCC(c2nnc3ccccn23)CC1. The summed E-state index contributed by atoms with van der Waals surface area (Å²) in [6, 6.07) is 9.84. The van der Waals surface area contributed by atoms with E-state index in [1.165, 1.54) is 18.2 Å². The van der Waals surface area contributed by atoms with E-state index in [-0.39, 0.29) is 17.4 Å². The Hall–Kier alpha value is -2.47. The Morgan fingerprint density at radius 2 is 1.96 bits per heavy atom. The highest BCUT2D eigenvalue weighted by atomic mass is 35.5. The van der Waals surface area contributed by atoms with Gasteiger partial charge in [-0.25, -0.2) is 4.39 Å². The number of piperidine rings is 1. The van der Waals surface area contributed by atoms with E-state index < -0.39 is 5.82 Å². The second-order valence-corrected chi connectivity index (χ2v) is 6.61. The molecule has 0 N–H and O–H groups in total. The molecular weight excluding hydrogens is 343 g/mol. The molecule has 2 aromatic heterocycles. The third kappa shape index (κ3) is 2.98. The Bertz CT molecular complexity index is 934. The predicted molar refractivity (Wildman–Crippen MR) is 92.3 cm³/mol. The minimum absolute atomic E-state index is 0.0267. The van der Waals surface area contributed by atoms with Gasteiger partial charge in [0.15, 0.2) is 5.65 Å². The van der Waals surface area contributed by atoms with Gasteiger partial charge in [-0.15, -0.1) is 10.2 Å². The number of halogens is 2. The molecule has 0 radical (unpaired) electrons. The van der Waals surface area contributed by atoms with Gasteiger partial charge in [-0.05, 0) is 43.2 Å². The highest BCUT2D eigenvalue weighted by molar-refractivity contribution is 6.31. The molecule has 1 saturated heterocycles. The third-order valence-corrected chi connectivity index (χ3v) is 4.88. The van der Waals surface area contributed by atoms with Crippen molar-refractivity contribution in [3.05, 3.63) is 64.8 Å². The summed E-state index contributed by atoms with van der Waals surface area (Å²) in [5, 5.41) is 8.85. The number of amides is 1. The normalized spacial score (nSPS) is 15.7. The molecule has 0 bridgehead atoms. The number of nitrogens with zero attached hydrogens (tertiary/aromatic N) is 4. The lowest BCUT2D eigenvalue weighted by atomic mass is 9.95. The van der Waals surface area contributed by atoms with Gasteiger partial charge in [0.25, 0.3) is 5.91 Å². The summed E-state index contributed by atoms with van der Waals surface area (Å²) < 4.78 is 15.9. The van der Waals surface area contributed by atoms with Gasteiger partial charge in [-0.1, -0.05) is 17.7 Å². The molecule has 4 rings (SSSR count). The summed E-state index contributed by atoms with van der Waals surface area (Å²) in [5.74, 6) is 0.284. The third-order valence-electron chi connectivity index (χ3n) is 4.65. The lowest BCUT2D eigenvalue weighted by molar-refractivity contribution is 0.0706. The number of fused-ring (bicyclic) bond motifs is 1. The standard InChI is InChI=1S/C18H16ClFN4O/c19-13-4-5-15(20)14(11-13)18(25)23-9-6-12(7-10-23)17-22-21-16-3-1-2-8-24(16)17/h1-5,8,11-12H,6-7,9-10H2. The Labute approximate surface area is 149 Å². The number of carbonyl (C=O) groups is 1. The van der Waals surface area contributed by atoms with E-state index in [4.69, 9.17) is 11.6 Å². The van der Waals surface area contributed by atoms with Crippen molar-refractivity contribution in [1.29, 1.82) is 0 Å². The van der Waals surface area contributed by atoms with Crippen LogP contribution in [-0.2, 0) is 0 Å². The number of carbonyl (C=O) groups excluding carboxylic acids is 1. The lowest BCUT2D eigenvalue weighted by Crippen LogP contribution is -2.38. The van der Waals surface area contributed by atoms with Crippen LogP contribution in [0.5, 0.6) is 0 Å². The Morgan fingerprint density at radius 1 is 1.16 bits per heavy atom. The largest absolute Gasteiger partial charge is 0.339 e. The van der Waals surface area contributed by atoms with Crippen LogP contribution in [0.25, 0.3) is 5.65 Å². The number of pyridine rings is 1. The topological polar surface area (TPSA) is 50.5 Å². The Morgan fingerprint density at radius 3 is 2.76 bits per heavy atom. The highest BCUT2D eigenvalue weighted by Crippen LogP contribution is 2.28. The van der Waals surface area contributed by atoms with E-state index >= 15 is 0 Å². The number of likely N-dealkylation sites (tertiary alicyclic amines) is 1. The number of hydrogen-bond donors (Lipinski definition) is 0. The number of benzene rings is 1. The minimum atomic E-state index is -0.542. The van der Waals surface area contributed by atoms with Crippen LogP contribution in [0, 0.1) is 5.82 Å². The molecule has 0 aliphatic carbocycles. The molecular formula is C18H16ClFN4O. The average Bonchev–Trinajstić information content (AvgIpc) is 3.07. The zero-order chi connectivity index (χ0) is 17.4. The molecule has 7 heteroatoms. The molecule has 1 aromatic carbocycles. The summed E-state index contributed by atoms with van der Waals surface area (Å²) in [4.78, 5) is 14.2. The van der Waals surface area contributed by atoms with Crippen LogP contribution in [0.1, 0.15) is 34.9 Å². The van der Waals surface area contributed by atoms with Crippen molar-refractivity contribution in [1.82, 2.24) is 19.5 Å². The van der Waals surface area contributed by atoms with E-state index in [1.807, 2.05) is 28.8 Å². The van der Waals surface area contributed by atoms with E-state index in [1.54, 1.807) is 4.90 Å². The highest BCUT2D eigenvalue weighted by Gasteiger charge is 2.28. The summed E-state index contributed by atoms with van der Waals surface area (Å²) in [5.41, 5.74) is 0.843. The number of rotatable bonds is 2. The van der Waals surface area contributed by atoms with Crippen LogP contribution in [0.2, 0.25) is 5.02 Å². The van der Waals surface area contributed by atoms with Gasteiger partial charge in [-0.3, -0.25) is 9.20 Å². The molecule has 5 nitrogen and oxygen atoms in total. The number of aromatic nitrogens is 3. The molecule has 0 unspecified atom stereocenters. The fraction of sp³-hybridized carbons (Fsp3) is 0.278. The minimum Gasteiger partial charge on any atom is -0.339 e. The zero-order valence-corrected chi connectivity index (χ0v) is 14.2. The van der Waals surface area contributed by atoms with Gasteiger partial charge < -0.3 is 4.90 Å². The first kappa shape index (κ1) is 16.0. The van der Waals surface area contributed by atoms with Crippen molar-refractivity contribution in [2.24, 2.45) is 0 Å². The van der Waals surface area contributed by atoms with Crippen LogP contribution in [0.3, 0.4) is 0 Å². The molecule has 0 spiro atoms. The summed E-state index contributed by atoms with van der Waals surface area (Å²) in [7, 11) is 0. The van der Waals surface area contributed by atoms with Crippen molar-refractivity contribution >= 4 is 23.2 Å². The van der Waals surface area contributed by atoms with Gasteiger partial charge >= 0.3 is 0 Å². The van der Waals surface area contributed by atoms with Crippen molar-refractivity contribution in [3.63, 3.8) is 0 Å². The van der Waals surface area contributed by atoms with Gasteiger partial charge in [0, 0.05) is 30.2 Å². The maximum atomic E-state index is 13.9. The first-order valence-electron chi connectivity index (χ1n) is 8.17. The maximum Gasteiger partial charge on any atom is 0.256 e. The zero-order valence-electron chi connectivity index (χ0n) is 13.4. The van der Waals surface area contributed by atoms with Crippen LogP contribution in [-0.4, -0.2) is 38.5 Å². The van der Waals surface area contributed by atoms with Crippen LogP contribution >= 0.6 is 11.6 Å². The van der Waals surface area contributed by atoms with Crippen LogP contribution in [0.4, 0.5) is 4.39 Å². The summed E-state index contributed by atoms with van der Waals surface area (Å²) in [6.45, 7) is 1.11. The fourth-order valence-electron chi connectivity index (χ4n) is 3.31. The Balaban J connectivity index is 1.50. The van der Waals surface area contributed by atoms with Crippen molar-refractivity contribution in [3.8, 4) is 0 Å². The Kier molecular flexibility index (Phi) is 4.13. The van der Waals surface area contributed by atoms with E-state index in [0.29, 0.717) is 18.1 Å². The second-order valence-electron chi connectivity index (χ2n) is 6.18. The molecule has 3 heterocycles. The lowest BCUT2D eigenvalue weighted by Gasteiger charge is -2.31. The fourth-order valence-corrected chi connectivity index (χ4v) is 3.48. The molecule has 0 saturated carbocycles. The molecule has 1 amide bonds. The second kappa shape index (κ2) is 6.44. The smallest absolute Gasteiger partial charge is 0.256 e. The van der Waals surface area contributed by atoms with E-state index in [9.17, 15) is 9.18 Å². The van der Waals surface area contributed by atoms with Crippen molar-refractivity contribution in [2.45, 2.75) is 18.8 Å². The maximum absolute atomic E-state index is 13.9. The first-order valence-corrected chi connectivity index (χ1v) is 8.55. The summed E-state index contributed by atoms with van der Waals surface area (Å²) in [6.07, 6.45) is 3.48. The van der Waals surface area contributed by atoms with Crippen molar-refractivity contribution < 1.29 is 9.18 Å². The molecule has 1 aliphatic heterocycles. The molecule has 25 heavy (non-hydrogen) atoms. The number of hydrogen-bond acceptors (Lipinski definition) is 3. The van der Waals surface area contributed by atoms with Crippen LogP contribution < -0.4 is 0 Å². The average molecular weight is 359 g/mol. The quantitative estimate of drug-likeness (QED) is 0.704. The van der Waals surface area contributed by atoms with Crippen molar-refractivity contribution in [2.75, 3.05) is 13.1 Å². The molecule has 1 aliphatic rings. The molecule has 1 fully saturated rings. The molecule has 3 aromatic rings. The van der Waals surface area contributed by atoms with Gasteiger partial charge in [0.2, 0.25) is 0 Å². The van der Waals surface area contributed by atoms with Gasteiger partial charge in [0.05, 0.1) is 5.56 Å². The van der Waals surface area contributed by atoms with E-state index in [0.717, 1.165) is 24.3 Å². The van der Waals surface area contributed by atoms with Gasteiger partial charge in [-0.2, -0.15) is 0 Å².